The van der Waals surface area contributed by atoms with Crippen LogP contribution in [-0.2, 0) is 60.8 Å². The lowest BCUT2D eigenvalue weighted by Crippen LogP contribution is -2.61. The third-order valence-corrected chi connectivity index (χ3v) is 9.33. The molecule has 21 nitrogen and oxygen atoms in total. The number of hydrogen-bond donors (Lipinski definition) is 11. The second kappa shape index (κ2) is 25.1. The molecular formula is C42H57N7O14. The Labute approximate surface area is 363 Å². The van der Waals surface area contributed by atoms with E-state index < -0.39 is 120 Å². The molecule has 0 saturated carbocycles. The number of carboxylic acid groups (broad SMARTS) is 3. The van der Waals surface area contributed by atoms with Crippen LogP contribution >= 0.6 is 0 Å². The lowest BCUT2D eigenvalue weighted by atomic mass is 10.0. The second-order valence-electron chi connectivity index (χ2n) is 15.5. The van der Waals surface area contributed by atoms with Crippen molar-refractivity contribution in [1.82, 2.24) is 37.2 Å². The van der Waals surface area contributed by atoms with Crippen LogP contribution in [0.3, 0.4) is 0 Å². The second-order valence-corrected chi connectivity index (χ2v) is 15.5. The zero-order valence-electron chi connectivity index (χ0n) is 35.8. The number of nitrogens with one attached hydrogen (secondary N) is 7. The summed E-state index contributed by atoms with van der Waals surface area (Å²) in [5, 5.41) is 55.4. The predicted molar refractivity (Wildman–Crippen MR) is 223 cm³/mol. The van der Waals surface area contributed by atoms with Gasteiger partial charge in [0.1, 0.15) is 42.3 Å². The summed E-state index contributed by atoms with van der Waals surface area (Å²) in [4.78, 5) is 128. The Morgan fingerprint density at radius 2 is 0.952 bits per heavy atom. The van der Waals surface area contributed by atoms with Gasteiger partial charge in [-0.1, -0.05) is 74.0 Å². The number of aryl methyl sites for hydroxylation is 1. The van der Waals surface area contributed by atoms with Crippen molar-refractivity contribution < 1.29 is 68.4 Å². The fraction of sp³-hybridized carbons (Fsp3) is 0.476. The van der Waals surface area contributed by atoms with E-state index in [1.165, 1.54) is 13.8 Å². The Balaban J connectivity index is 2.21. The van der Waals surface area contributed by atoms with Crippen LogP contribution in [0.1, 0.15) is 70.6 Å². The molecule has 0 fully saturated rings. The minimum absolute atomic E-state index is 0.0343. The molecule has 0 unspecified atom stereocenters. The van der Waals surface area contributed by atoms with E-state index in [-0.39, 0.29) is 25.2 Å². The van der Waals surface area contributed by atoms with Crippen LogP contribution < -0.4 is 37.2 Å². The Bertz CT molecular complexity index is 1960. The highest BCUT2D eigenvalue weighted by atomic mass is 16.4. The third-order valence-electron chi connectivity index (χ3n) is 9.33. The van der Waals surface area contributed by atoms with Gasteiger partial charge >= 0.3 is 17.9 Å². The maximum atomic E-state index is 13.6. The van der Waals surface area contributed by atoms with E-state index in [0.717, 1.165) is 12.5 Å². The molecule has 0 aliphatic heterocycles. The standard InChI is InChI=1S/C42H57N7O14/c1-21(2)16-28(47-41(61)35(24(5)50)49-40(60)29(44-25(6)51)17-26-10-8-7-9-11-26)38(58)46-30(19-33(52)53)37(57)43-23(4)36(56)45-31(20-34(54)55)39(59)48-32(42(62)63)18-27-14-12-22(3)13-15-27/h7-15,21,23-24,28-32,35,50H,16-20H2,1-6H3,(H,43,57)(H,44,51)(H,45,56)(H,46,58)(H,47,61)(H,48,59)(H,49,60)(H,52,53)(H,54,55)(H,62,63)/t23-,24-,28-,29-,30-,31-,32-,35-/m0/s1. The number of carbonyl (C=O) groups excluding carboxylic acids is 7. The molecule has 2 aromatic rings. The number of aliphatic carboxylic acids is 3. The molecule has 11 N–H and O–H groups in total. The first-order valence-corrected chi connectivity index (χ1v) is 20.0. The van der Waals surface area contributed by atoms with Crippen LogP contribution in [0.15, 0.2) is 54.6 Å². The van der Waals surface area contributed by atoms with E-state index in [0.29, 0.717) is 11.1 Å². The molecule has 7 amide bonds. The average molecular weight is 884 g/mol. The van der Waals surface area contributed by atoms with Crippen molar-refractivity contribution in [3.05, 3.63) is 71.3 Å². The highest BCUT2D eigenvalue weighted by Gasteiger charge is 2.35. The fourth-order valence-electron chi connectivity index (χ4n) is 6.08. The van der Waals surface area contributed by atoms with Gasteiger partial charge in [0.05, 0.1) is 18.9 Å². The maximum Gasteiger partial charge on any atom is 0.326 e. The third kappa shape index (κ3) is 18.7. The molecular weight excluding hydrogens is 826 g/mol. The number of rotatable bonds is 25. The van der Waals surface area contributed by atoms with Gasteiger partial charge in [0, 0.05) is 19.8 Å². The van der Waals surface area contributed by atoms with E-state index in [9.17, 15) is 68.4 Å². The normalized spacial score (nSPS) is 14.7. The largest absolute Gasteiger partial charge is 0.481 e. The molecule has 0 spiro atoms. The number of hydrogen-bond acceptors (Lipinski definition) is 11. The smallest absolute Gasteiger partial charge is 0.326 e. The van der Waals surface area contributed by atoms with E-state index in [4.69, 9.17) is 0 Å². The molecule has 8 atom stereocenters. The van der Waals surface area contributed by atoms with Crippen molar-refractivity contribution in [2.24, 2.45) is 5.92 Å². The molecule has 0 bridgehead atoms. The summed E-state index contributed by atoms with van der Waals surface area (Å²) in [6.45, 7) is 8.70. The lowest BCUT2D eigenvalue weighted by molar-refractivity contribution is -0.143. The van der Waals surface area contributed by atoms with Crippen molar-refractivity contribution in [2.45, 2.75) is 122 Å². The molecule has 0 aliphatic carbocycles. The number of benzene rings is 2. The van der Waals surface area contributed by atoms with Gasteiger partial charge in [-0.2, -0.15) is 0 Å². The van der Waals surface area contributed by atoms with Crippen LogP contribution in [0.5, 0.6) is 0 Å². The van der Waals surface area contributed by atoms with Gasteiger partial charge < -0.3 is 57.6 Å². The average Bonchev–Trinajstić information content (AvgIpc) is 3.18. The molecule has 63 heavy (non-hydrogen) atoms. The van der Waals surface area contributed by atoms with Crippen LogP contribution in [0.25, 0.3) is 0 Å². The predicted octanol–water partition coefficient (Wildman–Crippen LogP) is -1.33. The molecule has 0 radical (unpaired) electrons. The van der Waals surface area contributed by atoms with Crippen LogP contribution in [0, 0.1) is 12.8 Å². The van der Waals surface area contributed by atoms with Gasteiger partial charge in [0.2, 0.25) is 41.4 Å². The van der Waals surface area contributed by atoms with Crippen molar-refractivity contribution in [3.63, 3.8) is 0 Å². The first-order valence-electron chi connectivity index (χ1n) is 20.0. The Morgan fingerprint density at radius 3 is 1.44 bits per heavy atom. The van der Waals surface area contributed by atoms with Gasteiger partial charge in [-0.3, -0.25) is 43.2 Å². The first kappa shape index (κ1) is 52.2. The molecule has 0 heterocycles. The Kier molecular flexibility index (Phi) is 20.8. The zero-order valence-corrected chi connectivity index (χ0v) is 35.8. The van der Waals surface area contributed by atoms with Crippen molar-refractivity contribution in [1.29, 1.82) is 0 Å². The molecule has 0 aromatic heterocycles. The highest BCUT2D eigenvalue weighted by molar-refractivity contribution is 5.98. The summed E-state index contributed by atoms with van der Waals surface area (Å²) in [6, 6.07) is 4.34. The minimum Gasteiger partial charge on any atom is -0.481 e. The summed E-state index contributed by atoms with van der Waals surface area (Å²) >= 11 is 0. The van der Waals surface area contributed by atoms with Gasteiger partial charge in [-0.15, -0.1) is 0 Å². The number of aliphatic hydroxyl groups excluding tert-OH is 1. The summed E-state index contributed by atoms with van der Waals surface area (Å²) in [5.74, 6) is -11.8. The summed E-state index contributed by atoms with van der Waals surface area (Å²) in [7, 11) is 0. The summed E-state index contributed by atoms with van der Waals surface area (Å²) in [5.41, 5.74) is 2.13. The van der Waals surface area contributed by atoms with Crippen molar-refractivity contribution in [2.75, 3.05) is 0 Å². The summed E-state index contributed by atoms with van der Waals surface area (Å²) in [6.07, 6.45) is -3.75. The maximum absolute atomic E-state index is 13.6. The molecule has 2 rings (SSSR count). The van der Waals surface area contributed by atoms with E-state index >= 15 is 0 Å². The van der Waals surface area contributed by atoms with Gasteiger partial charge in [0.15, 0.2) is 0 Å². The van der Waals surface area contributed by atoms with Crippen molar-refractivity contribution in [3.8, 4) is 0 Å². The van der Waals surface area contributed by atoms with Crippen LogP contribution in [0.4, 0.5) is 0 Å². The van der Waals surface area contributed by atoms with Gasteiger partial charge in [-0.25, -0.2) is 4.79 Å². The molecule has 2 aromatic carbocycles. The number of carboxylic acids is 3. The SMILES string of the molecule is CC(=O)N[C@@H](Cc1ccccc1)C(=O)N[C@H](C(=O)N[C@@H](CC(C)C)C(=O)N[C@@H](CC(=O)O)C(=O)N[C@@H](C)C(=O)N[C@@H](CC(=O)O)C(=O)N[C@@H](Cc1ccc(C)cc1)C(=O)O)[C@H](C)O. The molecule has 0 saturated heterocycles. The van der Waals surface area contributed by atoms with Crippen LogP contribution in [0.2, 0.25) is 0 Å². The first-order chi connectivity index (χ1) is 29.5. The molecule has 21 heteroatoms. The summed E-state index contributed by atoms with van der Waals surface area (Å²) < 4.78 is 0. The quantitative estimate of drug-likeness (QED) is 0.0551. The Morgan fingerprint density at radius 1 is 0.508 bits per heavy atom. The van der Waals surface area contributed by atoms with E-state index in [2.05, 4.69) is 37.2 Å². The minimum atomic E-state index is -1.86. The fourth-order valence-corrected chi connectivity index (χ4v) is 6.08. The molecule has 0 aliphatic rings. The monoisotopic (exact) mass is 883 g/mol. The lowest BCUT2D eigenvalue weighted by Gasteiger charge is -2.28. The topological polar surface area (TPSA) is 336 Å². The number of carbonyl (C=O) groups is 10. The van der Waals surface area contributed by atoms with Gasteiger partial charge in [-0.05, 0) is 44.2 Å². The number of amides is 7. The highest BCUT2D eigenvalue weighted by Crippen LogP contribution is 2.11. The van der Waals surface area contributed by atoms with E-state index in [1.807, 2.05) is 6.92 Å². The van der Waals surface area contributed by atoms with E-state index in [1.54, 1.807) is 68.4 Å². The van der Waals surface area contributed by atoms with Crippen LogP contribution in [-0.4, -0.2) is 128 Å². The number of aliphatic hydroxyl groups is 1. The zero-order chi connectivity index (χ0) is 47.6. The van der Waals surface area contributed by atoms with Crippen molar-refractivity contribution >= 4 is 59.3 Å². The van der Waals surface area contributed by atoms with Gasteiger partial charge in [0.25, 0.3) is 0 Å². The molecule has 344 valence electrons. The Hall–Kier alpha value is -6.90.